The van der Waals surface area contributed by atoms with Crippen LogP contribution in [0.25, 0.3) is 0 Å². The Kier molecular flexibility index (Phi) is 7.17. The van der Waals surface area contributed by atoms with E-state index in [-0.39, 0.29) is 20.0 Å². The molecule has 2 aliphatic rings. The number of carbonyl (C=O) groups excluding carboxylic acids is 1. The number of nitro groups is 4. The molecule has 0 radical (unpaired) electrons. The van der Waals surface area contributed by atoms with Crippen molar-refractivity contribution in [3.05, 3.63) is 40.5 Å². The molecule has 0 bridgehead atoms. The van der Waals surface area contributed by atoms with Crippen LogP contribution in [0.3, 0.4) is 0 Å². The Morgan fingerprint density at radius 1 is 0.577 bits per heavy atom. The largest absolute Gasteiger partial charge is 0.300 e. The summed E-state index contributed by atoms with van der Waals surface area (Å²) in [6.45, 7) is -3.80. The highest BCUT2D eigenvalue weighted by molar-refractivity contribution is 5.80. The molecular weight excluding hydrogens is 364 g/mol. The summed E-state index contributed by atoms with van der Waals surface area (Å²) in [5.74, 6) is 0.454. The molecule has 1 saturated carbocycles. The van der Waals surface area contributed by atoms with Crippen molar-refractivity contribution in [3.63, 3.8) is 0 Å². The van der Waals surface area contributed by atoms with E-state index in [1.165, 1.54) is 0 Å². The summed E-state index contributed by atoms with van der Waals surface area (Å²) in [4.78, 5) is 52.9. The second-order valence-electron chi connectivity index (χ2n) is 5.29. The van der Waals surface area contributed by atoms with Gasteiger partial charge in [-0.15, -0.1) is 0 Å². The number of nitrogens with zero attached hydrogens (tertiary/aromatic N) is 8. The minimum absolute atomic E-state index is 0.197. The van der Waals surface area contributed by atoms with Crippen LogP contribution in [0, 0.1) is 40.5 Å². The van der Waals surface area contributed by atoms with Crippen molar-refractivity contribution in [1.29, 1.82) is 0 Å². The minimum atomic E-state index is -1.06. The average molecular weight is 380 g/mol. The molecule has 26 heavy (non-hydrogen) atoms. The molecule has 0 unspecified atom stereocenters. The van der Waals surface area contributed by atoms with E-state index in [0.29, 0.717) is 5.78 Å². The zero-order valence-corrected chi connectivity index (χ0v) is 13.4. The number of hydrazine groups is 4. The van der Waals surface area contributed by atoms with Crippen molar-refractivity contribution in [2.75, 3.05) is 26.7 Å². The smallest absolute Gasteiger partial charge is 0.212 e. The molecule has 1 aliphatic heterocycles. The summed E-state index contributed by atoms with van der Waals surface area (Å²) >= 11 is 0. The number of carbonyl (C=O) groups is 1. The van der Waals surface area contributed by atoms with E-state index in [0.717, 1.165) is 25.7 Å². The van der Waals surface area contributed by atoms with Crippen molar-refractivity contribution in [2.45, 2.75) is 25.7 Å². The van der Waals surface area contributed by atoms with E-state index in [1.807, 2.05) is 0 Å². The van der Waals surface area contributed by atoms with Crippen LogP contribution in [0.4, 0.5) is 0 Å². The molecule has 0 aromatic carbocycles. The maximum atomic E-state index is 10.7. The third-order valence-electron chi connectivity index (χ3n) is 3.39. The lowest BCUT2D eigenvalue weighted by Gasteiger charge is -2.27. The number of hydrogen-bond acceptors (Lipinski definition) is 9. The highest BCUT2D eigenvalue weighted by Gasteiger charge is 2.39. The molecule has 0 amide bonds. The zero-order chi connectivity index (χ0) is 19.9. The van der Waals surface area contributed by atoms with Gasteiger partial charge in [0.15, 0.2) is 20.1 Å². The molecule has 2 fully saturated rings. The van der Waals surface area contributed by atoms with Gasteiger partial charge in [-0.05, 0) is 12.8 Å². The fourth-order valence-corrected chi connectivity index (χ4v) is 2.12. The highest BCUT2D eigenvalue weighted by atomic mass is 16.7. The van der Waals surface area contributed by atoms with Gasteiger partial charge >= 0.3 is 0 Å². The molecule has 146 valence electrons. The van der Waals surface area contributed by atoms with Crippen LogP contribution >= 0.6 is 0 Å². The number of rotatable bonds is 4. The van der Waals surface area contributed by atoms with Gasteiger partial charge in [-0.3, -0.25) is 4.79 Å². The Morgan fingerprint density at radius 2 is 0.808 bits per heavy atom. The third-order valence-corrected chi connectivity index (χ3v) is 3.39. The number of ketones is 1. The SMILES string of the molecule is O=C1CCCC1.O=[N+]([O-])N1CN([N+](=O)[O-])CN([N+](=O)[O-])CN([N+](=O)[O-])C1. The standard InChI is InChI=1S/C5H8O.C4H8N8O8/c6-5-3-1-2-4-5;13-9(14)5-1-6(10(15)16)3-8(12(19)20)4-7(2-5)11(17)18/h1-4H2;1-4H2. The van der Waals surface area contributed by atoms with Gasteiger partial charge in [0.2, 0.25) is 26.7 Å². The fraction of sp³-hybridized carbons (Fsp3) is 0.889. The maximum absolute atomic E-state index is 10.7. The number of Topliss-reactive ketones (excluding diaryl/α,β-unsaturated/α-hetero) is 1. The first-order valence-electron chi connectivity index (χ1n) is 7.20. The summed E-state index contributed by atoms with van der Waals surface area (Å²) in [6.07, 6.45) is 3.97. The summed E-state index contributed by atoms with van der Waals surface area (Å²) in [5, 5.41) is 39.2. The summed E-state index contributed by atoms with van der Waals surface area (Å²) in [6, 6.07) is 0. The predicted octanol–water partition coefficient (Wildman–Crippen LogP) is -1.07. The molecule has 0 N–H and O–H groups in total. The first kappa shape index (κ1) is 20.5. The van der Waals surface area contributed by atoms with Crippen molar-refractivity contribution in [1.82, 2.24) is 20.0 Å². The number of hydrogen-bond donors (Lipinski definition) is 0. The van der Waals surface area contributed by atoms with Crippen molar-refractivity contribution >= 4 is 5.78 Å². The Balaban J connectivity index is 0.000000472. The second-order valence-corrected chi connectivity index (χ2v) is 5.29. The van der Waals surface area contributed by atoms with Crippen molar-refractivity contribution < 1.29 is 24.9 Å². The van der Waals surface area contributed by atoms with E-state index in [1.54, 1.807) is 0 Å². The van der Waals surface area contributed by atoms with Gasteiger partial charge in [0.25, 0.3) is 0 Å². The van der Waals surface area contributed by atoms with Crippen molar-refractivity contribution in [2.24, 2.45) is 0 Å². The zero-order valence-electron chi connectivity index (χ0n) is 13.4. The van der Waals surface area contributed by atoms with Crippen LogP contribution in [0.5, 0.6) is 0 Å². The normalized spacial score (nSPS) is 17.8. The molecule has 2 rings (SSSR count). The van der Waals surface area contributed by atoms with Crippen LogP contribution in [0.1, 0.15) is 25.7 Å². The molecule has 1 aliphatic carbocycles. The predicted molar refractivity (Wildman–Crippen MR) is 78.3 cm³/mol. The van der Waals surface area contributed by atoms with Gasteiger partial charge in [0.05, 0.1) is 0 Å². The van der Waals surface area contributed by atoms with Crippen molar-refractivity contribution in [3.8, 4) is 0 Å². The molecule has 17 heteroatoms. The highest BCUT2D eigenvalue weighted by Crippen LogP contribution is 2.11. The second kappa shape index (κ2) is 9.08. The van der Waals surface area contributed by atoms with Crippen LogP contribution < -0.4 is 0 Å². The molecular formula is C9H16N8O9. The van der Waals surface area contributed by atoms with Gasteiger partial charge in [-0.25, -0.2) is 40.5 Å². The van der Waals surface area contributed by atoms with Gasteiger partial charge in [-0.2, -0.15) is 0 Å². The van der Waals surface area contributed by atoms with Gasteiger partial charge in [0.1, 0.15) is 5.78 Å². The molecule has 0 aromatic heterocycles. The topological polar surface area (TPSA) is 203 Å². The molecule has 0 aromatic rings. The average Bonchev–Trinajstić information content (AvgIpc) is 2.97. The van der Waals surface area contributed by atoms with Crippen LogP contribution in [0.2, 0.25) is 0 Å². The molecule has 17 nitrogen and oxygen atoms in total. The molecule has 0 atom stereocenters. The van der Waals surface area contributed by atoms with E-state index in [9.17, 15) is 45.3 Å². The molecule has 1 saturated heterocycles. The van der Waals surface area contributed by atoms with E-state index < -0.39 is 46.8 Å². The first-order valence-corrected chi connectivity index (χ1v) is 7.20. The van der Waals surface area contributed by atoms with E-state index >= 15 is 0 Å². The lowest BCUT2D eigenvalue weighted by atomic mass is 10.4. The fourth-order valence-electron chi connectivity index (χ4n) is 2.12. The van der Waals surface area contributed by atoms with Gasteiger partial charge < -0.3 is 0 Å². The van der Waals surface area contributed by atoms with Gasteiger partial charge in [0, 0.05) is 12.8 Å². The van der Waals surface area contributed by atoms with Crippen LogP contribution in [-0.2, 0) is 4.79 Å². The first-order chi connectivity index (χ1) is 12.1. The molecule has 1 heterocycles. The van der Waals surface area contributed by atoms with Crippen LogP contribution in [0.15, 0.2) is 0 Å². The summed E-state index contributed by atoms with van der Waals surface area (Å²) < 4.78 is 0. The van der Waals surface area contributed by atoms with Crippen LogP contribution in [-0.4, -0.2) is 72.6 Å². The summed E-state index contributed by atoms with van der Waals surface area (Å²) in [5.41, 5.74) is 0. The monoisotopic (exact) mass is 380 g/mol. The van der Waals surface area contributed by atoms with E-state index in [4.69, 9.17) is 0 Å². The van der Waals surface area contributed by atoms with Gasteiger partial charge in [-0.1, -0.05) is 20.0 Å². The Labute approximate surface area is 144 Å². The Morgan fingerprint density at radius 3 is 0.923 bits per heavy atom. The quantitative estimate of drug-likeness (QED) is 0.421. The Bertz CT molecular complexity index is 490. The lowest BCUT2D eigenvalue weighted by Crippen LogP contribution is -2.59. The minimum Gasteiger partial charge on any atom is -0.300 e. The maximum Gasteiger partial charge on any atom is 0.212 e. The molecule has 0 spiro atoms. The Hall–Kier alpha value is -3.53. The lowest BCUT2D eigenvalue weighted by molar-refractivity contribution is -0.775. The third kappa shape index (κ3) is 6.17. The summed E-state index contributed by atoms with van der Waals surface area (Å²) in [7, 11) is 0. The van der Waals surface area contributed by atoms with E-state index in [2.05, 4.69) is 0 Å².